The maximum absolute atomic E-state index is 13.2. The van der Waals surface area contributed by atoms with E-state index in [-0.39, 0.29) is 17.6 Å². The van der Waals surface area contributed by atoms with Gasteiger partial charge in [0.1, 0.15) is 11.6 Å². The Hall–Kier alpha value is -3.62. The summed E-state index contributed by atoms with van der Waals surface area (Å²) in [5, 5.41) is 2.78. The molecule has 1 aromatic carbocycles. The SMILES string of the molecule is C[C@@H](C(=O)N1CCN(C(=O)c2ccco2)CC1)N1C(=O)N[C@](C)(CCc2ccccc2)C1=O. The summed E-state index contributed by atoms with van der Waals surface area (Å²) in [5.74, 6) is -0.660. The first-order valence-corrected chi connectivity index (χ1v) is 11.1. The molecule has 0 aliphatic carbocycles. The largest absolute Gasteiger partial charge is 0.459 e. The lowest BCUT2D eigenvalue weighted by Gasteiger charge is -2.36. The maximum atomic E-state index is 13.2. The first-order chi connectivity index (χ1) is 15.8. The molecular formula is C24H28N4O5. The monoisotopic (exact) mass is 452 g/mol. The quantitative estimate of drug-likeness (QED) is 0.675. The number of aryl methyl sites for hydroxylation is 1. The fourth-order valence-electron chi connectivity index (χ4n) is 4.33. The van der Waals surface area contributed by atoms with Gasteiger partial charge in [0.2, 0.25) is 5.91 Å². The van der Waals surface area contributed by atoms with Crippen molar-refractivity contribution in [1.82, 2.24) is 20.0 Å². The highest BCUT2D eigenvalue weighted by molar-refractivity contribution is 6.09. The molecule has 1 N–H and O–H groups in total. The zero-order valence-electron chi connectivity index (χ0n) is 18.8. The van der Waals surface area contributed by atoms with Crippen LogP contribution < -0.4 is 5.32 Å². The van der Waals surface area contributed by atoms with Crippen LogP contribution in [-0.4, -0.2) is 76.2 Å². The first kappa shape index (κ1) is 22.6. The lowest BCUT2D eigenvalue weighted by atomic mass is 9.93. The van der Waals surface area contributed by atoms with E-state index in [2.05, 4.69) is 5.32 Å². The summed E-state index contributed by atoms with van der Waals surface area (Å²) in [5.41, 5.74) is 0.0145. The highest BCUT2D eigenvalue weighted by Gasteiger charge is 2.50. The van der Waals surface area contributed by atoms with E-state index in [9.17, 15) is 19.2 Å². The number of imide groups is 1. The summed E-state index contributed by atoms with van der Waals surface area (Å²) in [7, 11) is 0. The molecule has 2 aliphatic heterocycles. The Kier molecular flexibility index (Phi) is 6.22. The number of furan rings is 1. The fraction of sp³-hybridized carbons (Fsp3) is 0.417. The highest BCUT2D eigenvalue weighted by Crippen LogP contribution is 2.26. The number of nitrogens with one attached hydrogen (secondary N) is 1. The van der Waals surface area contributed by atoms with Gasteiger partial charge in [0, 0.05) is 26.2 Å². The van der Waals surface area contributed by atoms with Crippen LogP contribution in [-0.2, 0) is 16.0 Å². The number of carbonyl (C=O) groups excluding carboxylic acids is 4. The summed E-state index contributed by atoms with van der Waals surface area (Å²) < 4.78 is 5.16. The number of urea groups is 1. The molecule has 2 atom stereocenters. The molecule has 0 unspecified atom stereocenters. The van der Waals surface area contributed by atoms with Crippen molar-refractivity contribution in [2.45, 2.75) is 38.3 Å². The minimum absolute atomic E-state index is 0.219. The zero-order chi connectivity index (χ0) is 23.6. The van der Waals surface area contributed by atoms with Crippen molar-refractivity contribution in [2.24, 2.45) is 0 Å². The van der Waals surface area contributed by atoms with Crippen molar-refractivity contribution >= 4 is 23.8 Å². The van der Waals surface area contributed by atoms with Gasteiger partial charge in [-0.3, -0.25) is 14.4 Å². The third kappa shape index (κ3) is 4.48. The van der Waals surface area contributed by atoms with E-state index < -0.39 is 23.5 Å². The summed E-state index contributed by atoms with van der Waals surface area (Å²) in [6, 6.07) is 11.5. The molecule has 4 rings (SSSR count). The number of rotatable bonds is 6. The third-order valence-electron chi connectivity index (χ3n) is 6.40. The molecule has 0 spiro atoms. The number of hydrogen-bond donors (Lipinski definition) is 1. The molecule has 0 bridgehead atoms. The number of benzene rings is 1. The van der Waals surface area contributed by atoms with E-state index in [1.807, 2.05) is 30.3 Å². The molecular weight excluding hydrogens is 424 g/mol. The molecule has 3 heterocycles. The molecule has 0 radical (unpaired) electrons. The van der Waals surface area contributed by atoms with E-state index in [1.165, 1.54) is 6.26 Å². The molecule has 9 heteroatoms. The Morgan fingerprint density at radius 2 is 1.70 bits per heavy atom. The van der Waals surface area contributed by atoms with Gasteiger partial charge >= 0.3 is 6.03 Å². The van der Waals surface area contributed by atoms with Crippen molar-refractivity contribution < 1.29 is 23.6 Å². The predicted octanol–water partition coefficient (Wildman–Crippen LogP) is 1.90. The van der Waals surface area contributed by atoms with E-state index in [0.29, 0.717) is 39.0 Å². The summed E-state index contributed by atoms with van der Waals surface area (Å²) in [6.07, 6.45) is 2.51. The van der Waals surface area contributed by atoms with Gasteiger partial charge in [0.05, 0.1) is 6.26 Å². The lowest BCUT2D eigenvalue weighted by Crippen LogP contribution is -2.56. The van der Waals surface area contributed by atoms with Crippen LogP contribution in [0.1, 0.15) is 36.4 Å². The van der Waals surface area contributed by atoms with Gasteiger partial charge in [-0.2, -0.15) is 0 Å². The Labute approximate surface area is 192 Å². The first-order valence-electron chi connectivity index (χ1n) is 11.1. The Morgan fingerprint density at radius 1 is 1.03 bits per heavy atom. The van der Waals surface area contributed by atoms with E-state index >= 15 is 0 Å². The average molecular weight is 453 g/mol. The van der Waals surface area contributed by atoms with E-state index in [4.69, 9.17) is 4.42 Å². The number of hydrogen-bond acceptors (Lipinski definition) is 5. The normalized spacial score (nSPS) is 21.8. The number of nitrogens with zero attached hydrogens (tertiary/aromatic N) is 3. The second-order valence-electron chi connectivity index (χ2n) is 8.69. The standard InChI is InChI=1S/C24H28N4O5/c1-17(20(29)26-12-14-27(15-13-26)21(30)19-9-6-16-33-19)28-22(31)24(2,25-23(28)32)11-10-18-7-4-3-5-8-18/h3-9,16-17H,10-15H2,1-2H3,(H,25,32)/t17-,24+/m0/s1. The predicted molar refractivity (Wildman–Crippen MR) is 119 cm³/mol. The van der Waals surface area contributed by atoms with Crippen molar-refractivity contribution in [3.05, 3.63) is 60.1 Å². The molecule has 33 heavy (non-hydrogen) atoms. The molecule has 9 nitrogen and oxygen atoms in total. The van der Waals surface area contributed by atoms with Crippen LogP contribution >= 0.6 is 0 Å². The summed E-state index contributed by atoms with van der Waals surface area (Å²) >= 11 is 0. The Balaban J connectivity index is 1.35. The Bertz CT molecular complexity index is 1030. The van der Waals surface area contributed by atoms with Gasteiger partial charge in [-0.15, -0.1) is 0 Å². The fourth-order valence-corrected chi connectivity index (χ4v) is 4.33. The van der Waals surface area contributed by atoms with Crippen LogP contribution in [0.25, 0.3) is 0 Å². The van der Waals surface area contributed by atoms with Gasteiger partial charge in [-0.1, -0.05) is 30.3 Å². The molecule has 5 amide bonds. The van der Waals surface area contributed by atoms with Crippen LogP contribution in [0.5, 0.6) is 0 Å². The van der Waals surface area contributed by atoms with Gasteiger partial charge < -0.3 is 19.5 Å². The summed E-state index contributed by atoms with van der Waals surface area (Å²) in [4.78, 5) is 55.6. The van der Waals surface area contributed by atoms with Crippen molar-refractivity contribution in [3.8, 4) is 0 Å². The van der Waals surface area contributed by atoms with Crippen LogP contribution in [0.15, 0.2) is 53.1 Å². The van der Waals surface area contributed by atoms with Gasteiger partial charge in [-0.05, 0) is 44.4 Å². The molecule has 174 valence electrons. The van der Waals surface area contributed by atoms with E-state index in [0.717, 1.165) is 10.5 Å². The molecule has 1 aromatic heterocycles. The van der Waals surface area contributed by atoms with Crippen LogP contribution in [0.3, 0.4) is 0 Å². The molecule has 0 saturated carbocycles. The number of carbonyl (C=O) groups is 4. The molecule has 2 aliphatic rings. The maximum Gasteiger partial charge on any atom is 0.325 e. The number of amides is 5. The van der Waals surface area contributed by atoms with Gasteiger partial charge in [0.15, 0.2) is 5.76 Å². The molecule has 2 aromatic rings. The van der Waals surface area contributed by atoms with Gasteiger partial charge in [0.25, 0.3) is 11.8 Å². The van der Waals surface area contributed by atoms with Crippen LogP contribution in [0.4, 0.5) is 4.79 Å². The Morgan fingerprint density at radius 3 is 2.33 bits per heavy atom. The molecule has 2 saturated heterocycles. The lowest BCUT2D eigenvalue weighted by molar-refractivity contribution is -0.143. The zero-order valence-corrected chi connectivity index (χ0v) is 18.8. The van der Waals surface area contributed by atoms with Crippen LogP contribution in [0, 0.1) is 0 Å². The highest BCUT2D eigenvalue weighted by atomic mass is 16.3. The average Bonchev–Trinajstić information content (AvgIpc) is 3.44. The topological polar surface area (TPSA) is 103 Å². The van der Waals surface area contributed by atoms with Crippen molar-refractivity contribution in [2.75, 3.05) is 26.2 Å². The van der Waals surface area contributed by atoms with Crippen molar-refractivity contribution in [3.63, 3.8) is 0 Å². The molecule has 2 fully saturated rings. The summed E-state index contributed by atoms with van der Waals surface area (Å²) in [6.45, 7) is 4.63. The van der Waals surface area contributed by atoms with Crippen LogP contribution in [0.2, 0.25) is 0 Å². The smallest absolute Gasteiger partial charge is 0.325 e. The van der Waals surface area contributed by atoms with E-state index in [1.54, 1.807) is 35.8 Å². The second-order valence-corrected chi connectivity index (χ2v) is 8.69. The minimum Gasteiger partial charge on any atom is -0.459 e. The second kappa shape index (κ2) is 9.09. The third-order valence-corrected chi connectivity index (χ3v) is 6.40. The minimum atomic E-state index is -1.06. The number of piperazine rings is 1. The van der Waals surface area contributed by atoms with Crippen molar-refractivity contribution in [1.29, 1.82) is 0 Å². The van der Waals surface area contributed by atoms with Gasteiger partial charge in [-0.25, -0.2) is 9.69 Å².